The average molecular weight is 381 g/mol. The molecule has 1 unspecified atom stereocenters. The minimum atomic E-state index is -0.434. The molecule has 0 saturated carbocycles. The van der Waals surface area contributed by atoms with Gasteiger partial charge in [-0.05, 0) is 30.4 Å². The van der Waals surface area contributed by atoms with Crippen LogP contribution in [-0.4, -0.2) is 35.8 Å². The molecule has 2 aromatic carbocycles. The highest BCUT2D eigenvalue weighted by atomic mass is 16.2. The van der Waals surface area contributed by atoms with E-state index in [0.29, 0.717) is 25.9 Å². The first-order valence-corrected chi connectivity index (χ1v) is 10.3. The van der Waals surface area contributed by atoms with Crippen LogP contribution in [0.4, 0.5) is 0 Å². The molecule has 2 aromatic rings. The zero-order valence-corrected chi connectivity index (χ0v) is 17.1. The number of nitrogens with zero attached hydrogens (tertiary/aromatic N) is 1. The molecule has 0 bridgehead atoms. The molecule has 1 N–H and O–H groups in total. The van der Waals surface area contributed by atoms with Gasteiger partial charge in [0.25, 0.3) is 0 Å². The summed E-state index contributed by atoms with van der Waals surface area (Å²) in [6.07, 6.45) is 3.63. The van der Waals surface area contributed by atoms with Gasteiger partial charge in [0.2, 0.25) is 11.8 Å². The fourth-order valence-corrected chi connectivity index (χ4v) is 3.27. The highest BCUT2D eigenvalue weighted by Crippen LogP contribution is 2.12. The molecule has 4 nitrogen and oxygen atoms in total. The normalized spacial score (nSPS) is 11.6. The Morgan fingerprint density at radius 1 is 0.929 bits per heavy atom. The van der Waals surface area contributed by atoms with Gasteiger partial charge in [0, 0.05) is 13.1 Å². The van der Waals surface area contributed by atoms with E-state index in [0.717, 1.165) is 24.8 Å². The van der Waals surface area contributed by atoms with Gasteiger partial charge >= 0.3 is 0 Å². The zero-order chi connectivity index (χ0) is 20.2. The van der Waals surface area contributed by atoms with Crippen molar-refractivity contribution in [2.24, 2.45) is 0 Å². The summed E-state index contributed by atoms with van der Waals surface area (Å²) in [6, 6.07) is 19.4. The summed E-state index contributed by atoms with van der Waals surface area (Å²) in [5.74, 6) is -0.0509. The lowest BCUT2D eigenvalue weighted by atomic mass is 10.1. The summed E-state index contributed by atoms with van der Waals surface area (Å²) >= 11 is 0. The summed E-state index contributed by atoms with van der Waals surface area (Å²) in [5, 5.41) is 3.00. The van der Waals surface area contributed by atoms with Crippen LogP contribution < -0.4 is 5.32 Å². The van der Waals surface area contributed by atoms with Gasteiger partial charge in [0.1, 0.15) is 6.04 Å². The highest BCUT2D eigenvalue weighted by molar-refractivity contribution is 5.88. The van der Waals surface area contributed by atoms with Crippen LogP contribution in [0.25, 0.3) is 0 Å². The first-order chi connectivity index (χ1) is 13.7. The van der Waals surface area contributed by atoms with E-state index in [-0.39, 0.29) is 11.8 Å². The highest BCUT2D eigenvalue weighted by Gasteiger charge is 2.27. The van der Waals surface area contributed by atoms with E-state index in [1.807, 2.05) is 55.5 Å². The van der Waals surface area contributed by atoms with Crippen LogP contribution in [0.3, 0.4) is 0 Å². The maximum absolute atomic E-state index is 13.1. The van der Waals surface area contributed by atoms with Crippen molar-refractivity contribution < 1.29 is 9.59 Å². The number of unbranched alkanes of at least 4 members (excludes halogenated alkanes) is 1. The van der Waals surface area contributed by atoms with Crippen molar-refractivity contribution in [3.05, 3.63) is 71.8 Å². The molecule has 0 aliphatic rings. The molecule has 0 radical (unpaired) electrons. The Morgan fingerprint density at radius 3 is 2.11 bits per heavy atom. The lowest BCUT2D eigenvalue weighted by Crippen LogP contribution is -2.50. The number of benzene rings is 2. The molecule has 28 heavy (non-hydrogen) atoms. The summed E-state index contributed by atoms with van der Waals surface area (Å²) in [5.41, 5.74) is 2.14. The van der Waals surface area contributed by atoms with E-state index in [1.165, 1.54) is 5.56 Å². The summed E-state index contributed by atoms with van der Waals surface area (Å²) in [6.45, 7) is 5.26. The Kier molecular flexibility index (Phi) is 9.26. The number of nitrogens with one attached hydrogen (secondary N) is 1. The maximum atomic E-state index is 13.1. The van der Waals surface area contributed by atoms with E-state index < -0.39 is 6.04 Å². The van der Waals surface area contributed by atoms with Crippen molar-refractivity contribution in [3.8, 4) is 0 Å². The van der Waals surface area contributed by atoms with Crippen LogP contribution in [0.2, 0.25) is 0 Å². The third kappa shape index (κ3) is 6.84. The van der Waals surface area contributed by atoms with Gasteiger partial charge in [-0.1, -0.05) is 80.9 Å². The van der Waals surface area contributed by atoms with Crippen LogP contribution in [0, 0.1) is 0 Å². The fourth-order valence-electron chi connectivity index (χ4n) is 3.27. The molecule has 2 amide bonds. The topological polar surface area (TPSA) is 49.4 Å². The standard InChI is InChI=1S/C24H32N2O2/c1-3-5-17-25-24(28)22(4-2)26(18-16-20-12-8-6-9-13-20)23(27)19-21-14-10-7-11-15-21/h6-15,22H,3-5,16-19H2,1-2H3,(H,25,28). The van der Waals surface area contributed by atoms with Crippen molar-refractivity contribution in [2.75, 3.05) is 13.1 Å². The molecule has 0 heterocycles. The van der Waals surface area contributed by atoms with Gasteiger partial charge in [-0.15, -0.1) is 0 Å². The monoisotopic (exact) mass is 380 g/mol. The second kappa shape index (κ2) is 12.0. The second-order valence-electron chi connectivity index (χ2n) is 7.05. The predicted octanol–water partition coefficient (Wildman–Crippen LogP) is 4.00. The molecule has 2 rings (SSSR count). The Balaban J connectivity index is 2.12. The van der Waals surface area contributed by atoms with Crippen LogP contribution in [0.1, 0.15) is 44.2 Å². The van der Waals surface area contributed by atoms with Crippen LogP contribution in [0.5, 0.6) is 0 Å². The number of carbonyl (C=O) groups is 2. The Morgan fingerprint density at radius 2 is 1.54 bits per heavy atom. The van der Waals surface area contributed by atoms with Gasteiger partial charge in [-0.2, -0.15) is 0 Å². The molecule has 0 saturated heterocycles. The van der Waals surface area contributed by atoms with Crippen molar-refractivity contribution in [2.45, 2.75) is 52.0 Å². The number of hydrogen-bond donors (Lipinski definition) is 1. The van der Waals surface area contributed by atoms with Crippen molar-refractivity contribution in [1.82, 2.24) is 10.2 Å². The smallest absolute Gasteiger partial charge is 0.242 e. The quantitative estimate of drug-likeness (QED) is 0.599. The molecule has 0 spiro atoms. The Bertz CT molecular complexity index is 716. The third-order valence-electron chi connectivity index (χ3n) is 4.90. The van der Waals surface area contributed by atoms with Crippen LogP contribution >= 0.6 is 0 Å². The predicted molar refractivity (Wildman–Crippen MR) is 114 cm³/mol. The summed E-state index contributed by atoms with van der Waals surface area (Å²) in [4.78, 5) is 27.6. The van der Waals surface area contributed by atoms with Crippen molar-refractivity contribution in [3.63, 3.8) is 0 Å². The lowest BCUT2D eigenvalue weighted by Gasteiger charge is -2.30. The Hall–Kier alpha value is -2.62. The molecule has 0 aliphatic carbocycles. The van der Waals surface area contributed by atoms with E-state index in [2.05, 4.69) is 24.4 Å². The molecular weight excluding hydrogens is 348 g/mol. The molecule has 0 aromatic heterocycles. The number of rotatable bonds is 11. The van der Waals surface area contributed by atoms with Crippen molar-refractivity contribution in [1.29, 1.82) is 0 Å². The van der Waals surface area contributed by atoms with E-state index in [1.54, 1.807) is 4.90 Å². The number of carbonyl (C=O) groups excluding carboxylic acids is 2. The first-order valence-electron chi connectivity index (χ1n) is 10.3. The summed E-state index contributed by atoms with van der Waals surface area (Å²) in [7, 11) is 0. The number of amides is 2. The van der Waals surface area contributed by atoms with Crippen molar-refractivity contribution >= 4 is 11.8 Å². The fraction of sp³-hybridized carbons (Fsp3) is 0.417. The minimum Gasteiger partial charge on any atom is -0.354 e. The van der Waals surface area contributed by atoms with Gasteiger partial charge in [0.05, 0.1) is 6.42 Å². The molecule has 1 atom stereocenters. The first kappa shape index (κ1) is 21.7. The number of hydrogen-bond acceptors (Lipinski definition) is 2. The summed E-state index contributed by atoms with van der Waals surface area (Å²) < 4.78 is 0. The lowest BCUT2D eigenvalue weighted by molar-refractivity contribution is -0.140. The van der Waals surface area contributed by atoms with Crippen LogP contribution in [-0.2, 0) is 22.4 Å². The minimum absolute atomic E-state index is 0.000349. The van der Waals surface area contributed by atoms with Gasteiger partial charge in [-0.25, -0.2) is 0 Å². The molecule has 150 valence electrons. The molecule has 4 heteroatoms. The molecular formula is C24H32N2O2. The third-order valence-corrected chi connectivity index (χ3v) is 4.90. The largest absolute Gasteiger partial charge is 0.354 e. The SMILES string of the molecule is CCCCNC(=O)C(CC)N(CCc1ccccc1)C(=O)Cc1ccccc1. The van der Waals surface area contributed by atoms with Gasteiger partial charge < -0.3 is 10.2 Å². The Labute approximate surface area is 169 Å². The van der Waals surface area contributed by atoms with E-state index >= 15 is 0 Å². The maximum Gasteiger partial charge on any atom is 0.242 e. The van der Waals surface area contributed by atoms with Crippen LogP contribution in [0.15, 0.2) is 60.7 Å². The van der Waals surface area contributed by atoms with E-state index in [4.69, 9.17) is 0 Å². The zero-order valence-electron chi connectivity index (χ0n) is 17.1. The second-order valence-corrected chi connectivity index (χ2v) is 7.05. The van der Waals surface area contributed by atoms with Gasteiger partial charge in [0.15, 0.2) is 0 Å². The average Bonchev–Trinajstić information content (AvgIpc) is 2.72. The molecule has 0 fully saturated rings. The molecule has 0 aliphatic heterocycles. The van der Waals surface area contributed by atoms with Gasteiger partial charge in [-0.3, -0.25) is 9.59 Å². The van der Waals surface area contributed by atoms with E-state index in [9.17, 15) is 9.59 Å².